The first kappa shape index (κ1) is 20.4. The van der Waals surface area contributed by atoms with Gasteiger partial charge in [0.25, 0.3) is 5.91 Å². The van der Waals surface area contributed by atoms with Gasteiger partial charge in [0.15, 0.2) is 10.8 Å². The number of aromatic nitrogens is 3. The molecular formula is C21H15F3N6OS. The van der Waals surface area contributed by atoms with E-state index in [1.165, 1.54) is 6.07 Å². The van der Waals surface area contributed by atoms with E-state index in [0.717, 1.165) is 29.1 Å². The molecule has 5 rings (SSSR count). The summed E-state index contributed by atoms with van der Waals surface area (Å²) in [5.74, 6) is -0.394. The molecule has 1 aliphatic carbocycles. The van der Waals surface area contributed by atoms with Crippen LogP contribution >= 0.6 is 12.2 Å². The van der Waals surface area contributed by atoms with E-state index in [1.54, 1.807) is 11.2 Å². The second-order valence-corrected chi connectivity index (χ2v) is 8.24. The van der Waals surface area contributed by atoms with E-state index < -0.39 is 28.9 Å². The number of pyridine rings is 1. The van der Waals surface area contributed by atoms with Crippen molar-refractivity contribution in [2.45, 2.75) is 31.0 Å². The lowest BCUT2D eigenvalue weighted by molar-refractivity contribution is -0.138. The fourth-order valence-corrected chi connectivity index (χ4v) is 4.82. The van der Waals surface area contributed by atoms with Crippen molar-refractivity contribution < 1.29 is 18.0 Å². The van der Waals surface area contributed by atoms with Crippen LogP contribution in [0.3, 0.4) is 0 Å². The lowest BCUT2D eigenvalue weighted by Crippen LogP contribution is -2.55. The Morgan fingerprint density at radius 2 is 1.94 bits per heavy atom. The molecule has 0 N–H and O–H groups in total. The predicted molar refractivity (Wildman–Crippen MR) is 114 cm³/mol. The van der Waals surface area contributed by atoms with E-state index in [1.807, 2.05) is 29.8 Å². The third kappa shape index (κ3) is 2.72. The molecule has 2 aromatic heterocycles. The summed E-state index contributed by atoms with van der Waals surface area (Å²) in [5.41, 5.74) is -0.762. The van der Waals surface area contributed by atoms with Crippen LogP contribution in [0.15, 0.2) is 36.8 Å². The maximum Gasteiger partial charge on any atom is 0.419 e. The van der Waals surface area contributed by atoms with Crippen LogP contribution in [-0.2, 0) is 18.0 Å². The Balaban J connectivity index is 1.62. The van der Waals surface area contributed by atoms with Gasteiger partial charge in [-0.3, -0.25) is 9.69 Å². The van der Waals surface area contributed by atoms with Gasteiger partial charge in [0.05, 0.1) is 34.8 Å². The van der Waals surface area contributed by atoms with Crippen LogP contribution in [0.2, 0.25) is 0 Å². The number of carbonyl (C=O) groups excluding carboxylic acids is 1. The topological polar surface area (TPSA) is 78.1 Å². The Morgan fingerprint density at radius 3 is 2.56 bits per heavy atom. The molecule has 162 valence electrons. The summed E-state index contributed by atoms with van der Waals surface area (Å²) in [6.45, 7) is 0. The molecule has 1 saturated heterocycles. The summed E-state index contributed by atoms with van der Waals surface area (Å²) in [6.07, 6.45) is -0.193. The second-order valence-electron chi connectivity index (χ2n) is 7.87. The first-order chi connectivity index (χ1) is 15.2. The van der Waals surface area contributed by atoms with Gasteiger partial charge < -0.3 is 9.47 Å². The van der Waals surface area contributed by atoms with E-state index in [0.29, 0.717) is 24.0 Å². The Kier molecular flexibility index (Phi) is 4.29. The maximum absolute atomic E-state index is 13.5. The number of imidazole rings is 1. The van der Waals surface area contributed by atoms with Crippen LogP contribution in [0.5, 0.6) is 0 Å². The van der Waals surface area contributed by atoms with Crippen LogP contribution in [-0.4, -0.2) is 31.1 Å². The van der Waals surface area contributed by atoms with Gasteiger partial charge in [-0.05, 0) is 55.7 Å². The van der Waals surface area contributed by atoms with Crippen LogP contribution in [0.1, 0.15) is 30.5 Å². The molecule has 2 aliphatic rings. The Hall–Kier alpha value is -3.52. The lowest BCUT2D eigenvalue weighted by Gasteiger charge is -2.43. The number of hydrogen-bond donors (Lipinski definition) is 0. The van der Waals surface area contributed by atoms with Crippen molar-refractivity contribution in [1.82, 2.24) is 14.5 Å². The minimum atomic E-state index is -4.80. The van der Waals surface area contributed by atoms with Gasteiger partial charge in [0.2, 0.25) is 0 Å². The molecule has 11 heteroatoms. The maximum atomic E-state index is 13.5. The number of halogens is 3. The molecule has 1 saturated carbocycles. The quantitative estimate of drug-likeness (QED) is 0.544. The average molecular weight is 456 g/mol. The number of nitriles is 1. The SMILES string of the molecule is Cn1cnc2cc(N3C(=S)N(c4cnc(C#N)c(C(F)(F)F)c4)C(=O)C34CCC4)ccc21. The molecular weight excluding hydrogens is 441 g/mol. The molecule has 0 bridgehead atoms. The zero-order valence-electron chi connectivity index (χ0n) is 16.7. The highest BCUT2D eigenvalue weighted by atomic mass is 32.1. The van der Waals surface area contributed by atoms with Crippen molar-refractivity contribution in [1.29, 1.82) is 5.26 Å². The van der Waals surface area contributed by atoms with Gasteiger partial charge in [0.1, 0.15) is 11.6 Å². The molecule has 1 aliphatic heterocycles. The molecule has 1 amide bonds. The van der Waals surface area contributed by atoms with Gasteiger partial charge in [-0.1, -0.05) is 0 Å². The fourth-order valence-electron chi connectivity index (χ4n) is 4.35. The lowest BCUT2D eigenvalue weighted by atomic mass is 9.75. The molecule has 0 unspecified atom stereocenters. The number of amides is 1. The highest BCUT2D eigenvalue weighted by Crippen LogP contribution is 2.48. The van der Waals surface area contributed by atoms with Crippen LogP contribution in [0.25, 0.3) is 11.0 Å². The van der Waals surface area contributed by atoms with E-state index in [2.05, 4.69) is 9.97 Å². The highest BCUT2D eigenvalue weighted by molar-refractivity contribution is 7.81. The average Bonchev–Trinajstić information content (AvgIpc) is 3.20. The molecule has 0 radical (unpaired) electrons. The van der Waals surface area contributed by atoms with Crippen molar-refractivity contribution in [2.24, 2.45) is 7.05 Å². The summed E-state index contributed by atoms with van der Waals surface area (Å²) >= 11 is 5.61. The summed E-state index contributed by atoms with van der Waals surface area (Å²) in [6, 6.07) is 7.71. The standard InChI is InChI=1S/C21H15F3N6OS/c1-28-11-27-15-8-12(3-4-17(15)28)30-19(32)29(18(31)20(30)5-2-6-20)13-7-14(21(22,23)24)16(9-25)26-10-13/h3-4,7-8,10-11H,2,5-6H2,1H3. The monoisotopic (exact) mass is 456 g/mol. The Bertz CT molecular complexity index is 1340. The number of thiocarbonyl (C=S) groups is 1. The molecule has 32 heavy (non-hydrogen) atoms. The first-order valence-electron chi connectivity index (χ1n) is 9.74. The van der Waals surface area contributed by atoms with E-state index >= 15 is 0 Å². The van der Waals surface area contributed by atoms with Crippen LogP contribution < -0.4 is 9.80 Å². The molecule has 1 spiro atoms. The number of nitrogens with zero attached hydrogens (tertiary/aromatic N) is 6. The number of rotatable bonds is 2. The normalized spacial score (nSPS) is 17.8. The number of anilines is 2. The van der Waals surface area contributed by atoms with Crippen LogP contribution in [0.4, 0.5) is 24.5 Å². The zero-order chi connectivity index (χ0) is 22.8. The summed E-state index contributed by atoms with van der Waals surface area (Å²) in [5, 5.41) is 9.09. The predicted octanol–water partition coefficient (Wildman–Crippen LogP) is 3.92. The van der Waals surface area contributed by atoms with Crippen molar-refractivity contribution in [3.63, 3.8) is 0 Å². The van der Waals surface area contributed by atoms with Gasteiger partial charge >= 0.3 is 6.18 Å². The number of aryl methyl sites for hydroxylation is 1. The summed E-state index contributed by atoms with van der Waals surface area (Å²) in [4.78, 5) is 24.3. The molecule has 1 aromatic carbocycles. The second kappa shape index (κ2) is 6.74. The van der Waals surface area contributed by atoms with Gasteiger partial charge in [-0.25, -0.2) is 9.97 Å². The third-order valence-corrected chi connectivity index (χ3v) is 6.47. The molecule has 2 fully saturated rings. The van der Waals surface area contributed by atoms with E-state index in [-0.39, 0.29) is 10.8 Å². The number of hydrogen-bond acceptors (Lipinski definition) is 5. The summed E-state index contributed by atoms with van der Waals surface area (Å²) in [7, 11) is 1.87. The van der Waals surface area contributed by atoms with Gasteiger partial charge in [-0.15, -0.1) is 0 Å². The Labute approximate surface area is 185 Å². The molecule has 3 heterocycles. The summed E-state index contributed by atoms with van der Waals surface area (Å²) < 4.78 is 42.3. The number of alkyl halides is 3. The molecule has 0 atom stereocenters. The third-order valence-electron chi connectivity index (χ3n) is 6.10. The number of carbonyl (C=O) groups is 1. The van der Waals surface area contributed by atoms with E-state index in [4.69, 9.17) is 17.5 Å². The zero-order valence-corrected chi connectivity index (χ0v) is 17.5. The van der Waals surface area contributed by atoms with Crippen LogP contribution in [0, 0.1) is 11.3 Å². The fraction of sp³-hybridized carbons (Fsp3) is 0.286. The minimum Gasteiger partial charge on any atom is -0.334 e. The largest absolute Gasteiger partial charge is 0.419 e. The van der Waals surface area contributed by atoms with Gasteiger partial charge in [0, 0.05) is 12.7 Å². The number of fused-ring (bicyclic) bond motifs is 1. The first-order valence-corrected chi connectivity index (χ1v) is 10.2. The van der Waals surface area contributed by atoms with Gasteiger partial charge in [-0.2, -0.15) is 18.4 Å². The van der Waals surface area contributed by atoms with Crippen molar-refractivity contribution in [3.05, 3.63) is 48.0 Å². The highest BCUT2D eigenvalue weighted by Gasteiger charge is 2.59. The van der Waals surface area contributed by atoms with Crippen molar-refractivity contribution in [2.75, 3.05) is 9.80 Å². The minimum absolute atomic E-state index is 0.0737. The number of benzene rings is 1. The van der Waals surface area contributed by atoms with Crippen molar-refractivity contribution >= 4 is 45.6 Å². The molecule has 7 nitrogen and oxygen atoms in total. The smallest absolute Gasteiger partial charge is 0.334 e. The molecule has 3 aromatic rings. The Morgan fingerprint density at radius 1 is 1.19 bits per heavy atom. The van der Waals surface area contributed by atoms with Crippen molar-refractivity contribution in [3.8, 4) is 6.07 Å². The van der Waals surface area contributed by atoms with E-state index in [9.17, 15) is 18.0 Å².